The average Bonchev–Trinajstić information content (AvgIpc) is 2.83. The molecule has 2 heterocycles. The Morgan fingerprint density at radius 3 is 2.34 bits per heavy atom. The molecule has 1 aromatic heterocycles. The molecule has 2 unspecified atom stereocenters. The highest BCUT2D eigenvalue weighted by Crippen LogP contribution is 2.38. The second-order valence-corrected chi connectivity index (χ2v) is 11.5. The van der Waals surface area contributed by atoms with Crippen LogP contribution in [0.15, 0.2) is 58.2 Å². The number of sulfonamides is 1. The third-order valence-electron chi connectivity index (χ3n) is 7.34. The highest BCUT2D eigenvalue weighted by atomic mass is 32.2. The fraction of sp³-hybridized carbons (Fsp3) is 0.423. The van der Waals surface area contributed by atoms with E-state index in [1.165, 1.54) is 18.6 Å². The van der Waals surface area contributed by atoms with E-state index in [9.17, 15) is 26.4 Å². The van der Waals surface area contributed by atoms with Crippen LogP contribution in [0.25, 0.3) is 10.9 Å². The number of piperidine rings is 1. The molecule has 9 heteroatoms. The van der Waals surface area contributed by atoms with Crippen LogP contribution in [-0.4, -0.2) is 30.3 Å². The summed E-state index contributed by atoms with van der Waals surface area (Å²) in [6.45, 7) is 0.548. The Labute approximate surface area is 202 Å². The van der Waals surface area contributed by atoms with E-state index in [0.29, 0.717) is 30.5 Å². The van der Waals surface area contributed by atoms with Gasteiger partial charge in [0.05, 0.1) is 10.5 Å². The molecule has 2 atom stereocenters. The number of nitrogens with zero attached hydrogens (tertiary/aromatic N) is 1. The molecule has 1 saturated carbocycles. The molecular weight excluding hydrogens is 477 g/mol. The highest BCUT2D eigenvalue weighted by molar-refractivity contribution is 7.89. The maximum Gasteiger partial charge on any atom is 0.417 e. The summed E-state index contributed by atoms with van der Waals surface area (Å²) in [7, 11) is -3.60. The monoisotopic (exact) mass is 504 g/mol. The van der Waals surface area contributed by atoms with Gasteiger partial charge in [0.25, 0.3) is 0 Å². The van der Waals surface area contributed by atoms with Crippen LogP contribution in [0.3, 0.4) is 0 Å². The number of fused-ring (bicyclic) bond motifs is 2. The van der Waals surface area contributed by atoms with Crippen molar-refractivity contribution >= 4 is 20.9 Å². The van der Waals surface area contributed by atoms with Crippen molar-refractivity contribution < 1.29 is 21.6 Å². The number of benzene rings is 2. The van der Waals surface area contributed by atoms with Gasteiger partial charge in [-0.15, -0.1) is 0 Å². The fourth-order valence-corrected chi connectivity index (χ4v) is 7.43. The first-order valence-corrected chi connectivity index (χ1v) is 13.4. The zero-order valence-electron chi connectivity index (χ0n) is 19.1. The molecule has 3 aromatic rings. The first kappa shape index (κ1) is 24.1. The molecule has 0 bridgehead atoms. The summed E-state index contributed by atoms with van der Waals surface area (Å²) in [4.78, 5) is 14.3. The summed E-state index contributed by atoms with van der Waals surface area (Å²) in [6, 6.07) is 11.8. The van der Waals surface area contributed by atoms with E-state index < -0.39 is 27.3 Å². The third-order valence-corrected chi connectivity index (χ3v) is 9.28. The summed E-state index contributed by atoms with van der Waals surface area (Å²) in [6.07, 6.45) is 1.88. The van der Waals surface area contributed by atoms with Crippen molar-refractivity contribution in [2.75, 3.05) is 6.54 Å². The zero-order chi connectivity index (χ0) is 24.8. The molecule has 5 rings (SSSR count). The maximum absolute atomic E-state index is 13.5. The van der Waals surface area contributed by atoms with Crippen LogP contribution in [-0.2, 0) is 22.6 Å². The lowest BCUT2D eigenvalue weighted by Gasteiger charge is -2.43. The number of hydrogen-bond donors (Lipinski definition) is 1. The van der Waals surface area contributed by atoms with E-state index in [4.69, 9.17) is 0 Å². The van der Waals surface area contributed by atoms with Crippen LogP contribution in [0.2, 0.25) is 0 Å². The topological polar surface area (TPSA) is 70.2 Å². The molecule has 1 aliphatic carbocycles. The van der Waals surface area contributed by atoms with Crippen molar-refractivity contribution in [3.63, 3.8) is 0 Å². The molecule has 2 aromatic carbocycles. The molecule has 35 heavy (non-hydrogen) atoms. The number of hydrogen-bond acceptors (Lipinski definition) is 3. The first-order chi connectivity index (χ1) is 16.6. The number of alkyl halides is 3. The van der Waals surface area contributed by atoms with Crippen molar-refractivity contribution in [2.24, 2.45) is 5.92 Å². The molecule has 2 aliphatic rings. The Kier molecular flexibility index (Phi) is 6.25. The Morgan fingerprint density at radius 2 is 1.60 bits per heavy atom. The minimum absolute atomic E-state index is 0.0686. The maximum atomic E-state index is 13.5. The Hall–Kier alpha value is -2.65. The van der Waals surface area contributed by atoms with Gasteiger partial charge in [0, 0.05) is 29.6 Å². The number of aromatic amines is 1. The molecule has 5 nitrogen and oxygen atoms in total. The van der Waals surface area contributed by atoms with Crippen molar-refractivity contribution in [1.29, 1.82) is 0 Å². The number of rotatable bonds is 4. The van der Waals surface area contributed by atoms with Gasteiger partial charge in [-0.2, -0.15) is 17.5 Å². The van der Waals surface area contributed by atoms with Gasteiger partial charge in [0.2, 0.25) is 15.6 Å². The SMILES string of the molecule is O=c1cc(C(F)(F)F)c2cc(Cc3ccc(S(=O)(=O)N4CCCC5CCCCC54)cc3)ccc2[nH]1. The number of halogens is 3. The van der Waals surface area contributed by atoms with Gasteiger partial charge in [-0.1, -0.05) is 31.0 Å². The quantitative estimate of drug-likeness (QED) is 0.512. The molecule has 1 saturated heterocycles. The average molecular weight is 505 g/mol. The lowest BCUT2D eigenvalue weighted by atomic mass is 9.79. The number of aromatic nitrogens is 1. The van der Waals surface area contributed by atoms with Gasteiger partial charge >= 0.3 is 6.18 Å². The van der Waals surface area contributed by atoms with E-state index in [1.54, 1.807) is 34.6 Å². The first-order valence-electron chi connectivity index (χ1n) is 12.0. The number of H-pyrrole nitrogens is 1. The van der Waals surface area contributed by atoms with Gasteiger partial charge in [-0.3, -0.25) is 4.79 Å². The van der Waals surface area contributed by atoms with E-state index >= 15 is 0 Å². The summed E-state index contributed by atoms with van der Waals surface area (Å²) < 4.78 is 68.9. The molecular formula is C26H27F3N2O3S. The molecule has 0 amide bonds. The molecule has 0 spiro atoms. The summed E-state index contributed by atoms with van der Waals surface area (Å²) in [5, 5.41) is -0.0686. The van der Waals surface area contributed by atoms with Crippen molar-refractivity contribution in [2.45, 2.75) is 62.1 Å². The van der Waals surface area contributed by atoms with Crippen LogP contribution in [0.5, 0.6) is 0 Å². The lowest BCUT2D eigenvalue weighted by molar-refractivity contribution is -0.136. The summed E-state index contributed by atoms with van der Waals surface area (Å²) in [5.41, 5.74) is -0.232. The molecule has 2 fully saturated rings. The Bertz CT molecular complexity index is 1400. The van der Waals surface area contributed by atoms with Crippen molar-refractivity contribution in [3.8, 4) is 0 Å². The fourth-order valence-electron chi connectivity index (χ4n) is 5.67. The smallest absolute Gasteiger partial charge is 0.322 e. The van der Waals surface area contributed by atoms with Crippen LogP contribution in [0, 0.1) is 5.92 Å². The molecule has 1 N–H and O–H groups in total. The number of pyridine rings is 1. The lowest BCUT2D eigenvalue weighted by Crippen LogP contribution is -2.49. The molecule has 1 aliphatic heterocycles. The second kappa shape index (κ2) is 9.09. The Morgan fingerprint density at radius 1 is 0.914 bits per heavy atom. The van der Waals surface area contributed by atoms with Crippen LogP contribution in [0.4, 0.5) is 13.2 Å². The molecule has 186 valence electrons. The minimum atomic E-state index is -4.65. The normalized spacial score (nSPS) is 21.7. The third kappa shape index (κ3) is 4.76. The van der Waals surface area contributed by atoms with Gasteiger partial charge in [-0.25, -0.2) is 8.42 Å². The van der Waals surface area contributed by atoms with E-state index in [-0.39, 0.29) is 21.8 Å². The standard InChI is InChI=1S/C26H27F3N2O3S/c27-26(28,29)22-16-25(32)30-23-12-9-18(15-21(22)23)14-17-7-10-20(11-8-17)35(33,34)31-13-3-5-19-4-1-2-6-24(19)31/h7-12,15-16,19,24H,1-6,13-14H2,(H,30,32). The van der Waals surface area contributed by atoms with Gasteiger partial charge in [0.1, 0.15) is 0 Å². The predicted molar refractivity (Wildman–Crippen MR) is 128 cm³/mol. The van der Waals surface area contributed by atoms with E-state index in [0.717, 1.165) is 37.7 Å². The molecule has 0 radical (unpaired) electrons. The second-order valence-electron chi connectivity index (χ2n) is 9.62. The van der Waals surface area contributed by atoms with Gasteiger partial charge in [-0.05, 0) is 73.4 Å². The van der Waals surface area contributed by atoms with E-state index in [1.807, 2.05) is 0 Å². The Balaban J connectivity index is 1.39. The largest absolute Gasteiger partial charge is 0.417 e. The van der Waals surface area contributed by atoms with Crippen LogP contribution >= 0.6 is 0 Å². The minimum Gasteiger partial charge on any atom is -0.322 e. The predicted octanol–water partition coefficient (Wildman–Crippen LogP) is 5.48. The van der Waals surface area contributed by atoms with Crippen LogP contribution in [0.1, 0.15) is 55.2 Å². The van der Waals surface area contributed by atoms with E-state index in [2.05, 4.69) is 4.98 Å². The number of nitrogens with one attached hydrogen (secondary N) is 1. The highest BCUT2D eigenvalue weighted by Gasteiger charge is 2.40. The van der Waals surface area contributed by atoms with Crippen molar-refractivity contribution in [3.05, 3.63) is 75.6 Å². The van der Waals surface area contributed by atoms with Gasteiger partial charge in [0.15, 0.2) is 0 Å². The van der Waals surface area contributed by atoms with Crippen molar-refractivity contribution in [1.82, 2.24) is 9.29 Å². The zero-order valence-corrected chi connectivity index (χ0v) is 20.0. The summed E-state index contributed by atoms with van der Waals surface area (Å²) in [5.74, 6) is 0.441. The van der Waals surface area contributed by atoms with Gasteiger partial charge < -0.3 is 4.98 Å². The van der Waals surface area contributed by atoms with Crippen LogP contribution < -0.4 is 5.56 Å². The summed E-state index contributed by atoms with van der Waals surface area (Å²) >= 11 is 0.